The van der Waals surface area contributed by atoms with E-state index in [4.69, 9.17) is 22.6 Å². The summed E-state index contributed by atoms with van der Waals surface area (Å²) in [7, 11) is 0. The molecule has 7 N–H and O–H groups in total. The minimum Gasteiger partial charge on any atom is -0.384 e. The first kappa shape index (κ1) is 9.04. The van der Waals surface area contributed by atoms with Gasteiger partial charge in [0.2, 0.25) is 0 Å². The average molecular weight is 277 g/mol. The first-order chi connectivity index (χ1) is 5.52. The Balaban J connectivity index is 3.33. The van der Waals surface area contributed by atoms with Crippen LogP contribution in [0, 0.1) is 8.98 Å². The van der Waals surface area contributed by atoms with Crippen molar-refractivity contribution in [3.63, 3.8) is 0 Å². The number of nitrogens with zero attached hydrogens (tertiary/aromatic N) is 1. The lowest BCUT2D eigenvalue weighted by molar-refractivity contribution is 1.29. The lowest BCUT2D eigenvalue weighted by Crippen LogP contribution is -2.15. The summed E-state index contributed by atoms with van der Waals surface area (Å²) in [5.41, 5.74) is 16.6. The summed E-state index contributed by atoms with van der Waals surface area (Å²) in [5.74, 6) is 0.455. The Morgan fingerprint density at radius 2 is 2.00 bits per heavy atom. The van der Waals surface area contributed by atoms with E-state index in [0.29, 0.717) is 11.4 Å². The fraction of sp³-hybridized carbons (Fsp3) is 0. The number of hydrogen-bond acceptors (Lipinski definition) is 4. The fourth-order valence-electron chi connectivity index (χ4n) is 0.734. The summed E-state index contributed by atoms with van der Waals surface area (Å²) < 4.78 is 0.743. The predicted octanol–water partition coefficient (Wildman–Crippen LogP) is 0.135. The van der Waals surface area contributed by atoms with E-state index in [-0.39, 0.29) is 11.7 Å². The molecule has 0 spiro atoms. The highest BCUT2D eigenvalue weighted by molar-refractivity contribution is 14.1. The zero-order chi connectivity index (χ0) is 9.30. The van der Waals surface area contributed by atoms with E-state index < -0.39 is 0 Å². The molecular weight excluding hydrogens is 269 g/mol. The smallest absolute Gasteiger partial charge is 0.139 e. The van der Waals surface area contributed by atoms with Crippen molar-refractivity contribution in [2.45, 2.75) is 0 Å². The number of amidine groups is 1. The van der Waals surface area contributed by atoms with Crippen molar-refractivity contribution in [2.24, 2.45) is 5.73 Å². The van der Waals surface area contributed by atoms with Gasteiger partial charge in [-0.2, -0.15) is 0 Å². The van der Waals surface area contributed by atoms with Crippen LogP contribution in [0.15, 0.2) is 6.07 Å². The Morgan fingerprint density at radius 1 is 1.42 bits per heavy atom. The van der Waals surface area contributed by atoms with Crippen LogP contribution in [0.2, 0.25) is 0 Å². The molecule has 6 heteroatoms. The van der Waals surface area contributed by atoms with E-state index in [0.717, 1.165) is 3.57 Å². The highest BCUT2D eigenvalue weighted by Crippen LogP contribution is 2.17. The highest BCUT2D eigenvalue weighted by Gasteiger charge is 2.07. The molecule has 1 aromatic rings. The monoisotopic (exact) mass is 277 g/mol. The molecule has 1 heterocycles. The third-order valence-electron chi connectivity index (χ3n) is 1.32. The molecule has 0 atom stereocenters. The summed E-state index contributed by atoms with van der Waals surface area (Å²) in [4.78, 5) is 3.82. The van der Waals surface area contributed by atoms with Crippen LogP contribution >= 0.6 is 22.6 Å². The minimum atomic E-state index is -0.0992. The van der Waals surface area contributed by atoms with E-state index in [1.807, 2.05) is 22.6 Å². The van der Waals surface area contributed by atoms with E-state index in [1.165, 1.54) is 0 Å². The Labute approximate surface area is 83.0 Å². The highest BCUT2D eigenvalue weighted by atomic mass is 127. The molecule has 0 fully saturated rings. The van der Waals surface area contributed by atoms with Crippen molar-refractivity contribution in [3.8, 4) is 0 Å². The summed E-state index contributed by atoms with van der Waals surface area (Å²) in [6.45, 7) is 0. The summed E-state index contributed by atoms with van der Waals surface area (Å²) >= 11 is 2.00. The number of anilines is 2. The van der Waals surface area contributed by atoms with Crippen molar-refractivity contribution in [3.05, 3.63) is 15.2 Å². The molecule has 0 amide bonds. The number of halogens is 1. The van der Waals surface area contributed by atoms with Gasteiger partial charge in [-0.3, -0.25) is 5.41 Å². The third kappa shape index (κ3) is 1.58. The second-order valence-electron chi connectivity index (χ2n) is 2.20. The molecule has 1 rings (SSSR count). The number of nitrogens with two attached hydrogens (primary N) is 3. The van der Waals surface area contributed by atoms with Gasteiger partial charge in [-0.15, -0.1) is 0 Å². The Kier molecular flexibility index (Phi) is 2.36. The number of pyridine rings is 1. The summed E-state index contributed by atoms with van der Waals surface area (Å²) in [5, 5.41) is 7.16. The third-order valence-corrected chi connectivity index (χ3v) is 2.19. The van der Waals surface area contributed by atoms with Gasteiger partial charge < -0.3 is 17.2 Å². The van der Waals surface area contributed by atoms with E-state index in [1.54, 1.807) is 6.07 Å². The second-order valence-corrected chi connectivity index (χ2v) is 3.36. The predicted molar refractivity (Wildman–Crippen MR) is 56.8 cm³/mol. The molecule has 0 bridgehead atoms. The van der Waals surface area contributed by atoms with Crippen molar-refractivity contribution in [1.29, 1.82) is 5.41 Å². The summed E-state index contributed by atoms with van der Waals surface area (Å²) in [6.07, 6.45) is 0. The number of rotatable bonds is 1. The largest absolute Gasteiger partial charge is 0.384 e. The Hall–Kier alpha value is -1.05. The maximum atomic E-state index is 7.16. The molecular formula is C6H8IN5. The minimum absolute atomic E-state index is 0.0992. The molecule has 12 heavy (non-hydrogen) atoms. The van der Waals surface area contributed by atoms with E-state index in [2.05, 4.69) is 4.98 Å². The molecule has 0 aliphatic heterocycles. The first-order valence-electron chi connectivity index (χ1n) is 3.08. The van der Waals surface area contributed by atoms with Gasteiger partial charge in [-0.05, 0) is 28.7 Å². The van der Waals surface area contributed by atoms with Crippen LogP contribution in [-0.4, -0.2) is 10.8 Å². The quantitative estimate of drug-likeness (QED) is 0.332. The van der Waals surface area contributed by atoms with Gasteiger partial charge in [-0.25, -0.2) is 4.98 Å². The molecule has 0 saturated heterocycles. The topological polar surface area (TPSA) is 115 Å². The average Bonchev–Trinajstić information content (AvgIpc) is 1.96. The Bertz CT molecular complexity index is 335. The zero-order valence-electron chi connectivity index (χ0n) is 6.13. The Morgan fingerprint density at radius 3 is 2.50 bits per heavy atom. The molecule has 1 aromatic heterocycles. The number of hydrogen-bond donors (Lipinski definition) is 4. The second kappa shape index (κ2) is 3.13. The van der Waals surface area contributed by atoms with Gasteiger partial charge in [0.1, 0.15) is 17.5 Å². The zero-order valence-corrected chi connectivity index (χ0v) is 8.29. The lowest BCUT2D eigenvalue weighted by Gasteiger charge is -2.04. The van der Waals surface area contributed by atoms with Gasteiger partial charge in [-0.1, -0.05) is 0 Å². The number of nitrogens with one attached hydrogen (secondary N) is 1. The molecule has 5 nitrogen and oxygen atoms in total. The normalized spacial score (nSPS) is 9.75. The van der Waals surface area contributed by atoms with E-state index in [9.17, 15) is 0 Å². The molecule has 0 aliphatic carbocycles. The van der Waals surface area contributed by atoms with Gasteiger partial charge >= 0.3 is 0 Å². The van der Waals surface area contributed by atoms with Crippen molar-refractivity contribution >= 4 is 40.1 Å². The van der Waals surface area contributed by atoms with Crippen molar-refractivity contribution < 1.29 is 0 Å². The SMILES string of the molecule is N=C(N)c1cc(I)c(N)nc1N. The maximum Gasteiger partial charge on any atom is 0.139 e. The van der Waals surface area contributed by atoms with Crippen molar-refractivity contribution in [2.75, 3.05) is 11.5 Å². The van der Waals surface area contributed by atoms with Gasteiger partial charge in [0.05, 0.1) is 9.13 Å². The lowest BCUT2D eigenvalue weighted by atomic mass is 10.2. The van der Waals surface area contributed by atoms with Gasteiger partial charge in [0, 0.05) is 0 Å². The molecule has 0 unspecified atom stereocenters. The summed E-state index contributed by atoms with van der Waals surface area (Å²) in [6, 6.07) is 1.64. The van der Waals surface area contributed by atoms with Crippen LogP contribution in [0.3, 0.4) is 0 Å². The molecule has 0 radical (unpaired) electrons. The number of nitrogen functional groups attached to an aromatic ring is 3. The first-order valence-corrected chi connectivity index (χ1v) is 4.16. The van der Waals surface area contributed by atoms with Crippen LogP contribution in [-0.2, 0) is 0 Å². The number of aromatic nitrogens is 1. The van der Waals surface area contributed by atoms with Crippen LogP contribution in [0.4, 0.5) is 11.6 Å². The van der Waals surface area contributed by atoms with Crippen LogP contribution < -0.4 is 17.2 Å². The fourth-order valence-corrected chi connectivity index (χ4v) is 1.17. The molecule has 0 saturated carbocycles. The van der Waals surface area contributed by atoms with Gasteiger partial charge in [0.15, 0.2) is 0 Å². The van der Waals surface area contributed by atoms with Crippen LogP contribution in [0.5, 0.6) is 0 Å². The van der Waals surface area contributed by atoms with Crippen molar-refractivity contribution in [1.82, 2.24) is 4.98 Å². The molecule has 64 valence electrons. The molecule has 0 aliphatic rings. The van der Waals surface area contributed by atoms with Gasteiger partial charge in [0.25, 0.3) is 0 Å². The molecule has 0 aromatic carbocycles. The van der Waals surface area contributed by atoms with E-state index >= 15 is 0 Å². The van der Waals surface area contributed by atoms with Crippen LogP contribution in [0.1, 0.15) is 5.56 Å². The van der Waals surface area contributed by atoms with Crippen LogP contribution in [0.25, 0.3) is 0 Å². The maximum absolute atomic E-state index is 7.16. The standard InChI is InChI=1S/C6H8IN5/c7-3-1-2(4(8)9)5(10)12-6(3)11/h1H,(H3,8,9)(H4,10,11,12).